The number of esters is 1. The molecule has 0 spiro atoms. The minimum absolute atomic E-state index is 0.126. The number of nitrogens with zero attached hydrogens (tertiary/aromatic N) is 2. The molecule has 45 heavy (non-hydrogen) atoms. The number of hydrogen-bond acceptors (Lipinski definition) is 12. The number of cyclic esters (lactones) is 1. The van der Waals surface area contributed by atoms with Crippen LogP contribution in [0.2, 0.25) is 0 Å². The van der Waals surface area contributed by atoms with Crippen molar-refractivity contribution in [3.8, 4) is 0 Å². The van der Waals surface area contributed by atoms with Crippen LogP contribution in [0.25, 0.3) is 0 Å². The van der Waals surface area contributed by atoms with Gasteiger partial charge in [0.1, 0.15) is 17.8 Å². The summed E-state index contributed by atoms with van der Waals surface area (Å²) < 4.78 is 31.9. The summed E-state index contributed by atoms with van der Waals surface area (Å²) in [5.41, 5.74) is -2.07. The monoisotopic (exact) mass is 642 g/mol. The Balaban J connectivity index is 2.20. The van der Waals surface area contributed by atoms with Crippen molar-refractivity contribution in [2.45, 2.75) is 135 Å². The highest BCUT2D eigenvalue weighted by atomic mass is 16.7. The standard InChI is InChI=1S/C33H58N2O10/c1-12-24-33(9,39)28(37)20(5)25(34-40)18(3)14-32(8)29(45-31-26(36)23(35(10)11)13-19(4)43-31)21(6)27(22(7)30(38)44-24)41-15-17(2)16-42-32/h18-24,26-29,31,36-37,39-40H,2,12-16H2,1,3-11H3/b34-25+/t18-,19-,20+,21+,22-,23+,24-,26-,27+,28-,29-,31+,32+,33-/m1/s1. The molecule has 0 aromatic carbocycles. The normalized spacial score (nSPS) is 47.1. The minimum Gasteiger partial charge on any atom is -0.459 e. The fourth-order valence-corrected chi connectivity index (χ4v) is 7.53. The zero-order valence-electron chi connectivity index (χ0n) is 28.8. The average molecular weight is 643 g/mol. The number of likely N-dealkylation sites (N-methyl/N-ethyl adjacent to an activating group) is 1. The first-order chi connectivity index (χ1) is 20.9. The lowest BCUT2D eigenvalue weighted by molar-refractivity contribution is -0.302. The van der Waals surface area contributed by atoms with Gasteiger partial charge in [-0.25, -0.2) is 0 Å². The lowest BCUT2D eigenvalue weighted by atomic mass is 9.73. The first-order valence-electron chi connectivity index (χ1n) is 16.3. The van der Waals surface area contributed by atoms with Gasteiger partial charge in [0, 0.05) is 23.8 Å². The first kappa shape index (κ1) is 37.8. The maximum atomic E-state index is 13.8. The number of hydrogen-bond donors (Lipinski definition) is 4. The van der Waals surface area contributed by atoms with Crippen molar-refractivity contribution in [2.24, 2.45) is 28.8 Å². The van der Waals surface area contributed by atoms with E-state index in [0.717, 1.165) is 0 Å². The molecular weight excluding hydrogens is 584 g/mol. The van der Waals surface area contributed by atoms with E-state index >= 15 is 0 Å². The van der Waals surface area contributed by atoms with E-state index in [1.165, 1.54) is 6.92 Å². The number of oxime groups is 1. The lowest BCUT2D eigenvalue weighted by Gasteiger charge is -2.48. The molecule has 12 heteroatoms. The Hall–Kier alpha value is -1.64. The van der Waals surface area contributed by atoms with Crippen molar-refractivity contribution < 1.29 is 49.0 Å². The van der Waals surface area contributed by atoms with E-state index in [4.69, 9.17) is 23.7 Å². The molecule has 14 atom stereocenters. The second kappa shape index (κ2) is 15.1. The van der Waals surface area contributed by atoms with E-state index in [1.54, 1.807) is 20.8 Å². The second-order valence-corrected chi connectivity index (χ2v) is 14.3. The number of rotatable bonds is 4. The smallest absolute Gasteiger partial charge is 0.311 e. The van der Waals surface area contributed by atoms with E-state index in [-0.39, 0.29) is 43.9 Å². The van der Waals surface area contributed by atoms with Crippen molar-refractivity contribution >= 4 is 11.7 Å². The zero-order valence-corrected chi connectivity index (χ0v) is 28.8. The largest absolute Gasteiger partial charge is 0.459 e. The second-order valence-electron chi connectivity index (χ2n) is 14.3. The summed E-state index contributed by atoms with van der Waals surface area (Å²) in [6.07, 6.45) is -5.12. The highest BCUT2D eigenvalue weighted by molar-refractivity contribution is 5.88. The molecule has 3 rings (SSSR count). The maximum absolute atomic E-state index is 13.8. The Kier molecular flexibility index (Phi) is 12.7. The molecule has 0 saturated carbocycles. The zero-order chi connectivity index (χ0) is 34.0. The SMILES string of the molecule is C=C1CO[C@H]2[C@H](C)[C@@H](O[C@@H]3O[C@H](C)C[C@H](N(C)C)[C@H]3O)[C@](C)(C[C@@H](C)/C(=N\O)[C@H](C)[C@@H](O)[C@](C)(O)[C@@H](CC)OC(=O)[C@@H]2C)OC1. The third-order valence-electron chi connectivity index (χ3n) is 10.3. The summed E-state index contributed by atoms with van der Waals surface area (Å²) in [5, 5.41) is 48.2. The predicted octanol–water partition coefficient (Wildman–Crippen LogP) is 2.74. The van der Waals surface area contributed by atoms with E-state index in [0.29, 0.717) is 12.0 Å². The number of carbonyl (C=O) groups excluding carboxylic acids is 1. The molecule has 0 unspecified atom stereocenters. The van der Waals surface area contributed by atoms with Gasteiger partial charge >= 0.3 is 5.97 Å². The van der Waals surface area contributed by atoms with Crippen LogP contribution < -0.4 is 0 Å². The van der Waals surface area contributed by atoms with E-state index in [1.807, 2.05) is 46.7 Å². The summed E-state index contributed by atoms with van der Waals surface area (Å²) in [4.78, 5) is 15.7. The Morgan fingerprint density at radius 3 is 2.31 bits per heavy atom. The lowest BCUT2D eigenvalue weighted by Crippen LogP contribution is -2.60. The van der Waals surface area contributed by atoms with Crippen LogP contribution in [-0.2, 0) is 28.5 Å². The third-order valence-corrected chi connectivity index (χ3v) is 10.3. The van der Waals surface area contributed by atoms with Gasteiger partial charge in [0.05, 0.1) is 54.9 Å². The molecule has 0 aliphatic carbocycles. The fraction of sp³-hybridized carbons (Fsp3) is 0.879. The molecule has 12 nitrogen and oxygen atoms in total. The highest BCUT2D eigenvalue weighted by Crippen LogP contribution is 2.41. The summed E-state index contributed by atoms with van der Waals surface area (Å²) >= 11 is 0. The molecule has 3 heterocycles. The Morgan fingerprint density at radius 1 is 1.09 bits per heavy atom. The van der Waals surface area contributed by atoms with Gasteiger partial charge in [0.2, 0.25) is 0 Å². The van der Waals surface area contributed by atoms with Gasteiger partial charge in [-0.15, -0.1) is 0 Å². The van der Waals surface area contributed by atoms with E-state index in [2.05, 4.69) is 11.7 Å². The Labute approximate surface area is 268 Å². The molecule has 3 aliphatic heterocycles. The van der Waals surface area contributed by atoms with Gasteiger partial charge in [-0.2, -0.15) is 0 Å². The van der Waals surface area contributed by atoms with E-state index < -0.39 is 77.7 Å². The van der Waals surface area contributed by atoms with Crippen LogP contribution in [0.3, 0.4) is 0 Å². The van der Waals surface area contributed by atoms with Crippen LogP contribution in [-0.4, -0.2) is 125 Å². The van der Waals surface area contributed by atoms with Crippen molar-refractivity contribution in [3.05, 3.63) is 12.2 Å². The van der Waals surface area contributed by atoms with Gasteiger partial charge in [-0.3, -0.25) is 4.79 Å². The highest BCUT2D eigenvalue weighted by Gasteiger charge is 2.52. The number of carbonyl (C=O) groups is 1. The van der Waals surface area contributed by atoms with Crippen molar-refractivity contribution in [2.75, 3.05) is 27.3 Å². The van der Waals surface area contributed by atoms with Crippen LogP contribution in [0, 0.1) is 23.7 Å². The molecule has 0 aromatic rings. The van der Waals surface area contributed by atoms with Crippen molar-refractivity contribution in [1.82, 2.24) is 4.90 Å². The quantitative estimate of drug-likeness (QED) is 0.155. The Bertz CT molecular complexity index is 1050. The average Bonchev–Trinajstić information content (AvgIpc) is 3.01. The number of fused-ring (bicyclic) bond motifs is 3. The topological polar surface area (TPSA) is 160 Å². The molecule has 3 aliphatic rings. The fourth-order valence-electron chi connectivity index (χ4n) is 7.53. The van der Waals surface area contributed by atoms with Gasteiger partial charge in [0.25, 0.3) is 0 Å². The summed E-state index contributed by atoms with van der Waals surface area (Å²) in [6.45, 7) is 18.5. The molecule has 2 bridgehead atoms. The summed E-state index contributed by atoms with van der Waals surface area (Å²) in [7, 11) is 3.80. The summed E-state index contributed by atoms with van der Waals surface area (Å²) in [6, 6.07) is -0.218. The van der Waals surface area contributed by atoms with Crippen LogP contribution in [0.5, 0.6) is 0 Å². The van der Waals surface area contributed by atoms with Crippen LogP contribution in [0.1, 0.15) is 74.7 Å². The molecule has 3 saturated heterocycles. The molecule has 0 aromatic heterocycles. The van der Waals surface area contributed by atoms with Gasteiger partial charge in [0.15, 0.2) is 6.29 Å². The number of aliphatic hydroxyl groups is 3. The van der Waals surface area contributed by atoms with Gasteiger partial charge in [-0.05, 0) is 66.6 Å². The minimum atomic E-state index is -1.85. The van der Waals surface area contributed by atoms with Crippen LogP contribution in [0.4, 0.5) is 0 Å². The molecule has 3 fully saturated rings. The predicted molar refractivity (Wildman–Crippen MR) is 168 cm³/mol. The van der Waals surface area contributed by atoms with E-state index in [9.17, 15) is 25.3 Å². The van der Waals surface area contributed by atoms with Crippen molar-refractivity contribution in [3.63, 3.8) is 0 Å². The molecule has 4 N–H and O–H groups in total. The first-order valence-corrected chi connectivity index (χ1v) is 16.3. The number of ether oxygens (including phenoxy) is 5. The maximum Gasteiger partial charge on any atom is 0.311 e. The van der Waals surface area contributed by atoms with Crippen LogP contribution >= 0.6 is 0 Å². The van der Waals surface area contributed by atoms with Gasteiger partial charge in [-0.1, -0.05) is 39.4 Å². The molecule has 0 radical (unpaired) electrons. The molecule has 260 valence electrons. The molecular formula is C33H58N2O10. The Morgan fingerprint density at radius 2 is 1.73 bits per heavy atom. The van der Waals surface area contributed by atoms with Gasteiger partial charge < -0.3 is 49.1 Å². The van der Waals surface area contributed by atoms with Crippen LogP contribution in [0.15, 0.2) is 17.3 Å². The third kappa shape index (κ3) is 8.09. The number of aliphatic hydroxyl groups excluding tert-OH is 2. The molecule has 0 amide bonds. The summed E-state index contributed by atoms with van der Waals surface area (Å²) in [5.74, 6) is -3.23. The van der Waals surface area contributed by atoms with Crippen molar-refractivity contribution in [1.29, 1.82) is 0 Å².